The fourth-order valence-electron chi connectivity index (χ4n) is 0.894. The normalized spacial score (nSPS) is 25.2. The monoisotopic (exact) mass is 143 g/mol. The van der Waals surface area contributed by atoms with E-state index in [1.165, 1.54) is 19.3 Å². The third kappa shape index (κ3) is 2.39. The molecular formula is C7H13NS. The van der Waals surface area contributed by atoms with E-state index in [0.717, 1.165) is 5.75 Å². The van der Waals surface area contributed by atoms with Crippen molar-refractivity contribution < 1.29 is 0 Å². The Hall–Kier alpha value is 0.0200. The molecule has 0 saturated heterocycles. The molecule has 0 amide bonds. The van der Waals surface area contributed by atoms with E-state index in [4.69, 9.17) is 0 Å². The second kappa shape index (κ2) is 3.94. The van der Waals surface area contributed by atoms with Gasteiger partial charge < -0.3 is 0 Å². The van der Waals surface area contributed by atoms with Gasteiger partial charge in [-0.25, -0.2) is 0 Å². The van der Waals surface area contributed by atoms with Crippen LogP contribution in [-0.4, -0.2) is 17.3 Å². The van der Waals surface area contributed by atoms with Crippen LogP contribution in [0, 0.1) is 0 Å². The maximum absolute atomic E-state index is 4.31. The Morgan fingerprint density at radius 3 is 3.22 bits per heavy atom. The van der Waals surface area contributed by atoms with Crippen molar-refractivity contribution in [1.29, 1.82) is 0 Å². The molecule has 0 aromatic carbocycles. The Balaban J connectivity index is 2.05. The molecule has 1 nitrogen and oxygen atoms in total. The van der Waals surface area contributed by atoms with Gasteiger partial charge in [-0.05, 0) is 6.42 Å². The number of unbranched alkanes of at least 4 members (excludes halogenated alkanes) is 1. The molecule has 0 aromatic heterocycles. The Kier molecular flexibility index (Phi) is 3.12. The van der Waals surface area contributed by atoms with Gasteiger partial charge in [0.2, 0.25) is 0 Å². The summed E-state index contributed by atoms with van der Waals surface area (Å²) in [4.78, 5) is 4.31. The van der Waals surface area contributed by atoms with Gasteiger partial charge in [0.15, 0.2) is 0 Å². The molecule has 1 atom stereocenters. The van der Waals surface area contributed by atoms with Crippen molar-refractivity contribution in [3.05, 3.63) is 0 Å². The van der Waals surface area contributed by atoms with Gasteiger partial charge in [-0.1, -0.05) is 19.8 Å². The minimum Gasteiger partial charge on any atom is -0.283 e. The fourth-order valence-corrected chi connectivity index (χ4v) is 1.79. The molecule has 0 spiro atoms. The van der Waals surface area contributed by atoms with E-state index in [0.29, 0.717) is 5.37 Å². The van der Waals surface area contributed by atoms with Crippen LogP contribution in [0.15, 0.2) is 4.99 Å². The molecule has 0 aliphatic carbocycles. The lowest BCUT2D eigenvalue weighted by Crippen LogP contribution is -1.92. The van der Waals surface area contributed by atoms with Gasteiger partial charge in [-0.2, -0.15) is 0 Å². The van der Waals surface area contributed by atoms with E-state index >= 15 is 0 Å². The third-order valence-corrected chi connectivity index (χ3v) is 2.52. The smallest absolute Gasteiger partial charge is 0.0951 e. The molecule has 0 radical (unpaired) electrons. The summed E-state index contributed by atoms with van der Waals surface area (Å²) in [5, 5.41) is 0.602. The molecule has 1 aliphatic heterocycles. The van der Waals surface area contributed by atoms with Crippen molar-refractivity contribution >= 4 is 18.0 Å². The first-order chi connectivity index (χ1) is 4.43. The van der Waals surface area contributed by atoms with Crippen LogP contribution in [0.4, 0.5) is 0 Å². The Bertz CT molecular complexity index is 101. The lowest BCUT2D eigenvalue weighted by Gasteiger charge is -2.02. The quantitative estimate of drug-likeness (QED) is 0.590. The van der Waals surface area contributed by atoms with E-state index in [1.54, 1.807) is 0 Å². The van der Waals surface area contributed by atoms with Crippen LogP contribution in [0.1, 0.15) is 26.2 Å². The highest BCUT2D eigenvalue weighted by atomic mass is 32.2. The second-order valence-electron chi connectivity index (χ2n) is 2.26. The van der Waals surface area contributed by atoms with Crippen LogP contribution in [0.5, 0.6) is 0 Å². The average molecular weight is 143 g/mol. The summed E-state index contributed by atoms with van der Waals surface area (Å²) in [5.41, 5.74) is 0. The first-order valence-corrected chi connectivity index (χ1v) is 4.61. The SMILES string of the molecule is CCCCC1N=CCS1. The highest BCUT2D eigenvalue weighted by Gasteiger charge is 2.08. The minimum absolute atomic E-state index is 0.602. The van der Waals surface area contributed by atoms with Crippen LogP contribution < -0.4 is 0 Å². The van der Waals surface area contributed by atoms with Gasteiger partial charge in [0.25, 0.3) is 0 Å². The standard InChI is InChI=1S/C7H13NS/c1-2-3-4-7-8-5-6-9-7/h5,7H,2-4,6H2,1H3. The summed E-state index contributed by atoms with van der Waals surface area (Å²) in [7, 11) is 0. The van der Waals surface area contributed by atoms with Gasteiger partial charge in [-0.3, -0.25) is 4.99 Å². The lowest BCUT2D eigenvalue weighted by molar-refractivity contribution is 0.705. The van der Waals surface area contributed by atoms with Crippen molar-refractivity contribution in [2.75, 3.05) is 5.75 Å². The maximum atomic E-state index is 4.31. The van der Waals surface area contributed by atoms with E-state index < -0.39 is 0 Å². The lowest BCUT2D eigenvalue weighted by atomic mass is 10.2. The fraction of sp³-hybridized carbons (Fsp3) is 0.857. The van der Waals surface area contributed by atoms with Crippen LogP contribution >= 0.6 is 11.8 Å². The van der Waals surface area contributed by atoms with Crippen molar-refractivity contribution in [1.82, 2.24) is 0 Å². The molecule has 2 heteroatoms. The summed E-state index contributed by atoms with van der Waals surface area (Å²) in [5.74, 6) is 1.13. The molecular weight excluding hydrogens is 130 g/mol. The maximum Gasteiger partial charge on any atom is 0.0951 e. The second-order valence-corrected chi connectivity index (χ2v) is 3.47. The summed E-state index contributed by atoms with van der Waals surface area (Å²) in [6.45, 7) is 2.23. The molecule has 1 rings (SSSR count). The molecule has 1 heterocycles. The predicted molar refractivity (Wildman–Crippen MR) is 44.3 cm³/mol. The largest absolute Gasteiger partial charge is 0.283 e. The number of rotatable bonds is 3. The van der Waals surface area contributed by atoms with E-state index in [2.05, 4.69) is 11.9 Å². The minimum atomic E-state index is 0.602. The number of hydrogen-bond acceptors (Lipinski definition) is 2. The number of nitrogens with zero attached hydrogens (tertiary/aromatic N) is 1. The zero-order valence-electron chi connectivity index (χ0n) is 5.84. The van der Waals surface area contributed by atoms with Gasteiger partial charge in [-0.15, -0.1) is 11.8 Å². The van der Waals surface area contributed by atoms with E-state index in [1.807, 2.05) is 18.0 Å². The van der Waals surface area contributed by atoms with Gasteiger partial charge in [0.05, 0.1) is 5.37 Å². The molecule has 0 aromatic rings. The average Bonchev–Trinajstić information content (AvgIpc) is 2.34. The Morgan fingerprint density at radius 1 is 1.78 bits per heavy atom. The Morgan fingerprint density at radius 2 is 2.67 bits per heavy atom. The van der Waals surface area contributed by atoms with E-state index in [9.17, 15) is 0 Å². The predicted octanol–water partition coefficient (Wildman–Crippen LogP) is 2.32. The molecule has 1 aliphatic rings. The van der Waals surface area contributed by atoms with Gasteiger partial charge in [0.1, 0.15) is 0 Å². The first kappa shape index (κ1) is 7.13. The zero-order chi connectivity index (χ0) is 6.53. The summed E-state index contributed by atoms with van der Waals surface area (Å²) >= 11 is 1.96. The third-order valence-electron chi connectivity index (χ3n) is 1.44. The summed E-state index contributed by atoms with van der Waals surface area (Å²) in [6, 6.07) is 0. The first-order valence-electron chi connectivity index (χ1n) is 3.56. The highest BCUT2D eigenvalue weighted by Crippen LogP contribution is 2.21. The molecule has 52 valence electrons. The molecule has 0 fully saturated rings. The van der Waals surface area contributed by atoms with E-state index in [-0.39, 0.29) is 0 Å². The van der Waals surface area contributed by atoms with Crippen LogP contribution in [0.2, 0.25) is 0 Å². The number of thioether (sulfide) groups is 1. The van der Waals surface area contributed by atoms with Crippen molar-refractivity contribution in [3.8, 4) is 0 Å². The van der Waals surface area contributed by atoms with Gasteiger partial charge in [0, 0.05) is 12.0 Å². The summed E-state index contributed by atoms with van der Waals surface area (Å²) in [6.07, 6.45) is 5.93. The topological polar surface area (TPSA) is 12.4 Å². The molecule has 0 bridgehead atoms. The number of aliphatic imine (C=N–C) groups is 1. The van der Waals surface area contributed by atoms with Crippen molar-refractivity contribution in [2.24, 2.45) is 4.99 Å². The van der Waals surface area contributed by atoms with Crippen molar-refractivity contribution in [3.63, 3.8) is 0 Å². The molecule has 0 N–H and O–H groups in total. The molecule has 1 unspecified atom stereocenters. The number of hydrogen-bond donors (Lipinski definition) is 0. The zero-order valence-corrected chi connectivity index (χ0v) is 6.66. The molecule has 0 saturated carbocycles. The van der Waals surface area contributed by atoms with Crippen LogP contribution in [-0.2, 0) is 0 Å². The highest BCUT2D eigenvalue weighted by molar-refractivity contribution is 8.00. The summed E-state index contributed by atoms with van der Waals surface area (Å²) < 4.78 is 0. The van der Waals surface area contributed by atoms with Crippen molar-refractivity contribution in [2.45, 2.75) is 31.6 Å². The van der Waals surface area contributed by atoms with Gasteiger partial charge >= 0.3 is 0 Å². The Labute approximate surface area is 60.9 Å². The molecule has 9 heavy (non-hydrogen) atoms. The van der Waals surface area contributed by atoms with Crippen LogP contribution in [0.25, 0.3) is 0 Å². The van der Waals surface area contributed by atoms with Crippen LogP contribution in [0.3, 0.4) is 0 Å².